The van der Waals surface area contributed by atoms with Crippen LogP contribution >= 0.6 is 0 Å². The van der Waals surface area contributed by atoms with Gasteiger partial charge in [0.05, 0.1) is 0 Å². The summed E-state index contributed by atoms with van der Waals surface area (Å²) in [4.78, 5) is 33.9. The number of likely N-dealkylation sites (N-methyl/N-ethyl adjacent to an activating group) is 1. The molecule has 0 aliphatic heterocycles. The summed E-state index contributed by atoms with van der Waals surface area (Å²) in [7, 11) is 4.02. The monoisotopic (exact) mass is 530 g/mol. The van der Waals surface area contributed by atoms with Crippen molar-refractivity contribution in [2.75, 3.05) is 33.0 Å². The number of nitrogens with zero attached hydrogens (tertiary/aromatic N) is 1. The van der Waals surface area contributed by atoms with Crippen LogP contribution in [0.25, 0.3) is 17.2 Å². The van der Waals surface area contributed by atoms with Gasteiger partial charge in [0.15, 0.2) is 5.78 Å². The summed E-state index contributed by atoms with van der Waals surface area (Å²) in [6, 6.07) is 19.7. The zero-order valence-electron chi connectivity index (χ0n) is 22.5. The van der Waals surface area contributed by atoms with Crippen LogP contribution in [0.15, 0.2) is 78.9 Å². The van der Waals surface area contributed by atoms with Gasteiger partial charge >= 0.3 is 11.9 Å². The largest absolute Gasteiger partial charge is 0.492 e. The lowest BCUT2D eigenvalue weighted by Gasteiger charge is -2.14. The zero-order chi connectivity index (χ0) is 28.9. The summed E-state index contributed by atoms with van der Waals surface area (Å²) < 4.78 is 6.02. The number of hydrogen-bond acceptors (Lipinski definition) is 6. The van der Waals surface area contributed by atoms with Gasteiger partial charge in [0.2, 0.25) is 0 Å². The van der Waals surface area contributed by atoms with Gasteiger partial charge in [0, 0.05) is 35.5 Å². The van der Waals surface area contributed by atoms with E-state index < -0.39 is 11.9 Å². The van der Waals surface area contributed by atoms with E-state index >= 15 is 0 Å². The summed E-state index contributed by atoms with van der Waals surface area (Å²) in [6.45, 7) is 5.57. The van der Waals surface area contributed by atoms with Gasteiger partial charge in [-0.2, -0.15) is 0 Å². The minimum atomic E-state index is -1.26. The second-order valence-electron chi connectivity index (χ2n) is 9.08. The van der Waals surface area contributed by atoms with Gasteiger partial charge in [-0.05, 0) is 75.5 Å². The number of para-hydroxylation sites is 1. The number of carbonyl (C=O) groups is 3. The Morgan fingerprint density at radius 2 is 1.46 bits per heavy atom. The normalized spacial score (nSPS) is 10.9. The molecule has 0 spiro atoms. The molecule has 204 valence electrons. The van der Waals surface area contributed by atoms with Crippen LogP contribution in [0.2, 0.25) is 0 Å². The van der Waals surface area contributed by atoms with Gasteiger partial charge in [0.1, 0.15) is 12.4 Å². The Bertz CT molecular complexity index is 1340. The van der Waals surface area contributed by atoms with Crippen LogP contribution in [-0.2, 0) is 9.59 Å². The molecule has 0 aliphatic carbocycles. The maximum Gasteiger partial charge on any atom is 0.328 e. The van der Waals surface area contributed by atoms with Crippen LogP contribution in [0.1, 0.15) is 27.0 Å². The van der Waals surface area contributed by atoms with Gasteiger partial charge in [-0.15, -0.1) is 0 Å². The standard InChI is InChI=1S/C27H30N2O2.C4H4O4/c1-19-15-20(2)17-23(16-19)21-10-12-27(31-14-13-29(3)4)22(18-21)9-11-26(30)24-7-5-6-8-25(24)28;5-3(6)1-2-4(7)8/h5-12,15-18H,13-14,28H2,1-4H3;1-2H,(H,5,6)(H,7,8)/b11-9+;2-1+. The molecule has 0 amide bonds. The number of benzene rings is 3. The number of ether oxygens (including phenoxy) is 1. The lowest BCUT2D eigenvalue weighted by molar-refractivity contribution is -0.134. The molecule has 0 unspecified atom stereocenters. The molecule has 8 nitrogen and oxygen atoms in total. The van der Waals surface area contributed by atoms with Crippen molar-refractivity contribution in [2.45, 2.75) is 13.8 Å². The molecule has 0 heterocycles. The third kappa shape index (κ3) is 10.7. The van der Waals surface area contributed by atoms with Gasteiger partial charge in [-0.3, -0.25) is 4.79 Å². The smallest absolute Gasteiger partial charge is 0.328 e. The molecule has 3 aromatic carbocycles. The number of carboxylic acids is 2. The van der Waals surface area contributed by atoms with Crippen LogP contribution in [0, 0.1) is 13.8 Å². The number of nitrogen functional groups attached to an aromatic ring is 1. The maximum absolute atomic E-state index is 12.7. The highest BCUT2D eigenvalue weighted by Crippen LogP contribution is 2.29. The third-order valence-corrected chi connectivity index (χ3v) is 5.37. The molecule has 0 aliphatic rings. The highest BCUT2D eigenvalue weighted by Gasteiger charge is 2.09. The molecular weight excluding hydrogens is 496 g/mol. The number of hydrogen-bond donors (Lipinski definition) is 3. The van der Waals surface area contributed by atoms with Gasteiger partial charge < -0.3 is 25.6 Å². The Balaban J connectivity index is 0.000000580. The third-order valence-electron chi connectivity index (χ3n) is 5.37. The van der Waals surface area contributed by atoms with Crippen molar-refractivity contribution in [3.63, 3.8) is 0 Å². The lowest BCUT2D eigenvalue weighted by Crippen LogP contribution is -2.19. The first-order valence-electron chi connectivity index (χ1n) is 12.2. The average Bonchev–Trinajstić information content (AvgIpc) is 2.86. The van der Waals surface area contributed by atoms with E-state index in [1.54, 1.807) is 18.2 Å². The van der Waals surface area contributed by atoms with Crippen LogP contribution < -0.4 is 10.5 Å². The second kappa shape index (κ2) is 14.9. The first kappa shape index (κ1) is 30.5. The van der Waals surface area contributed by atoms with E-state index in [2.05, 4.69) is 49.1 Å². The Hall–Kier alpha value is -4.69. The van der Waals surface area contributed by atoms with E-state index in [0.717, 1.165) is 29.0 Å². The lowest BCUT2D eigenvalue weighted by atomic mass is 9.98. The number of ketones is 1. The molecular formula is C31H34N2O6. The first-order valence-corrected chi connectivity index (χ1v) is 12.2. The SMILES string of the molecule is Cc1cc(C)cc(-c2ccc(OCCN(C)C)c(/C=C/C(=O)c3ccccc3N)c2)c1.O=C(O)/C=C/C(=O)O. The molecule has 3 aromatic rings. The highest BCUT2D eigenvalue weighted by atomic mass is 16.5. The number of nitrogens with two attached hydrogens (primary N) is 1. The Morgan fingerprint density at radius 1 is 0.846 bits per heavy atom. The zero-order valence-corrected chi connectivity index (χ0v) is 22.5. The van der Waals surface area contributed by atoms with Crippen molar-refractivity contribution in [3.05, 3.63) is 101 Å². The van der Waals surface area contributed by atoms with Crippen LogP contribution in [0.3, 0.4) is 0 Å². The number of anilines is 1. The van der Waals surface area contributed by atoms with Gasteiger partial charge in [-0.25, -0.2) is 9.59 Å². The number of carboxylic acid groups (broad SMARTS) is 2. The number of rotatable bonds is 10. The topological polar surface area (TPSA) is 130 Å². The van der Waals surface area contributed by atoms with Gasteiger partial charge in [-0.1, -0.05) is 47.5 Å². The summed E-state index contributed by atoms with van der Waals surface area (Å²) in [6.07, 6.45) is 4.49. The Kier molecular flexibility index (Phi) is 11.7. The number of allylic oxidation sites excluding steroid dienone is 1. The molecule has 0 saturated carbocycles. The average molecular weight is 531 g/mol. The molecule has 8 heteroatoms. The van der Waals surface area contributed by atoms with E-state index in [1.165, 1.54) is 11.1 Å². The quantitative estimate of drug-likeness (QED) is 0.187. The molecule has 39 heavy (non-hydrogen) atoms. The van der Waals surface area contributed by atoms with Crippen molar-refractivity contribution in [1.29, 1.82) is 0 Å². The summed E-state index contributed by atoms with van der Waals surface area (Å²) in [5.41, 5.74) is 12.5. The van der Waals surface area contributed by atoms with Crippen molar-refractivity contribution in [2.24, 2.45) is 0 Å². The van der Waals surface area contributed by atoms with E-state index in [4.69, 9.17) is 20.7 Å². The molecule has 0 radical (unpaired) electrons. The van der Waals surface area contributed by atoms with Crippen molar-refractivity contribution < 1.29 is 29.3 Å². The molecule has 0 fully saturated rings. The minimum absolute atomic E-state index is 0.130. The van der Waals surface area contributed by atoms with Crippen molar-refractivity contribution in [3.8, 4) is 16.9 Å². The van der Waals surface area contributed by atoms with E-state index in [-0.39, 0.29) is 5.78 Å². The molecule has 3 rings (SSSR count). The van der Waals surface area contributed by atoms with Crippen molar-refractivity contribution >= 4 is 29.5 Å². The van der Waals surface area contributed by atoms with Crippen LogP contribution in [0.5, 0.6) is 5.75 Å². The van der Waals surface area contributed by atoms with Crippen molar-refractivity contribution in [1.82, 2.24) is 4.90 Å². The molecule has 0 aromatic heterocycles. The Labute approximate surface area is 228 Å². The van der Waals surface area contributed by atoms with Gasteiger partial charge in [0.25, 0.3) is 0 Å². The molecule has 4 N–H and O–H groups in total. The summed E-state index contributed by atoms with van der Waals surface area (Å²) >= 11 is 0. The number of aryl methyl sites for hydroxylation is 2. The highest BCUT2D eigenvalue weighted by molar-refractivity contribution is 6.10. The summed E-state index contributed by atoms with van der Waals surface area (Å²) in [5.74, 6) is -1.89. The molecule has 0 bridgehead atoms. The second-order valence-corrected chi connectivity index (χ2v) is 9.08. The Morgan fingerprint density at radius 3 is 2.03 bits per heavy atom. The predicted octanol–water partition coefficient (Wildman–Crippen LogP) is 5.10. The molecule has 0 saturated heterocycles. The maximum atomic E-state index is 12.7. The fraction of sp³-hybridized carbons (Fsp3) is 0.194. The van der Waals surface area contributed by atoms with E-state index in [1.807, 2.05) is 38.4 Å². The fourth-order valence-electron chi connectivity index (χ4n) is 3.59. The number of carbonyl (C=O) groups excluding carboxylic acids is 1. The predicted molar refractivity (Wildman–Crippen MR) is 154 cm³/mol. The van der Waals surface area contributed by atoms with E-state index in [0.29, 0.717) is 30.0 Å². The minimum Gasteiger partial charge on any atom is -0.492 e. The number of aliphatic carboxylic acids is 2. The van der Waals surface area contributed by atoms with E-state index in [9.17, 15) is 14.4 Å². The van der Waals surface area contributed by atoms with Crippen LogP contribution in [0.4, 0.5) is 5.69 Å². The first-order chi connectivity index (χ1) is 18.5. The molecule has 0 atom stereocenters. The van der Waals surface area contributed by atoms with Crippen LogP contribution in [-0.4, -0.2) is 60.1 Å². The fourth-order valence-corrected chi connectivity index (χ4v) is 3.59. The summed E-state index contributed by atoms with van der Waals surface area (Å²) in [5, 5.41) is 15.6.